The van der Waals surface area contributed by atoms with Crippen LogP contribution in [0.2, 0.25) is 15.1 Å². The van der Waals surface area contributed by atoms with Crippen LogP contribution in [-0.2, 0) is 26.2 Å². The summed E-state index contributed by atoms with van der Waals surface area (Å²) in [5.41, 5.74) is 2.33. The van der Waals surface area contributed by atoms with Crippen LogP contribution in [0.15, 0.2) is 65.6 Å². The molecule has 226 valence electrons. The Morgan fingerprint density at radius 2 is 1.50 bits per heavy atom. The molecule has 0 spiro atoms. The minimum absolute atomic E-state index is 0.0285. The van der Waals surface area contributed by atoms with E-state index in [1.165, 1.54) is 17.0 Å². The maximum Gasteiger partial charge on any atom is 0.264 e. The van der Waals surface area contributed by atoms with Crippen molar-refractivity contribution < 1.29 is 18.0 Å². The van der Waals surface area contributed by atoms with Crippen LogP contribution in [0, 0.1) is 13.8 Å². The second-order valence-electron chi connectivity index (χ2n) is 10.3. The summed E-state index contributed by atoms with van der Waals surface area (Å²) in [6, 6.07) is 15.1. The minimum atomic E-state index is -4.20. The Morgan fingerprint density at radius 3 is 2.07 bits per heavy atom. The molecule has 3 aromatic carbocycles. The third-order valence-corrected chi connectivity index (χ3v) is 9.65. The molecule has 42 heavy (non-hydrogen) atoms. The first kappa shape index (κ1) is 33.7. The number of hydrogen-bond donors (Lipinski definition) is 1. The maximum absolute atomic E-state index is 14.2. The van der Waals surface area contributed by atoms with Crippen LogP contribution >= 0.6 is 34.8 Å². The van der Waals surface area contributed by atoms with Crippen molar-refractivity contribution in [3.05, 3.63) is 92.4 Å². The van der Waals surface area contributed by atoms with Crippen molar-refractivity contribution in [1.29, 1.82) is 0 Å². The van der Waals surface area contributed by atoms with Crippen LogP contribution in [0.25, 0.3) is 0 Å². The molecule has 0 aliphatic rings. The van der Waals surface area contributed by atoms with Crippen LogP contribution in [0.1, 0.15) is 50.3 Å². The molecule has 3 aromatic rings. The van der Waals surface area contributed by atoms with Gasteiger partial charge in [-0.3, -0.25) is 13.9 Å². The van der Waals surface area contributed by atoms with Gasteiger partial charge in [0.1, 0.15) is 12.6 Å². The van der Waals surface area contributed by atoms with Gasteiger partial charge < -0.3 is 10.2 Å². The van der Waals surface area contributed by atoms with Gasteiger partial charge in [0, 0.05) is 27.7 Å². The Kier molecular flexibility index (Phi) is 11.7. The molecule has 7 nitrogen and oxygen atoms in total. The van der Waals surface area contributed by atoms with Crippen molar-refractivity contribution >= 4 is 62.3 Å². The highest BCUT2D eigenvalue weighted by Crippen LogP contribution is 2.30. The number of hydrogen-bond acceptors (Lipinski definition) is 4. The van der Waals surface area contributed by atoms with Crippen LogP contribution in [0.3, 0.4) is 0 Å². The summed E-state index contributed by atoms with van der Waals surface area (Å²) in [5, 5.41) is 4.14. The molecule has 2 atom stereocenters. The number of sulfonamides is 1. The van der Waals surface area contributed by atoms with Gasteiger partial charge in [-0.25, -0.2) is 8.42 Å². The van der Waals surface area contributed by atoms with Crippen LogP contribution < -0.4 is 9.62 Å². The van der Waals surface area contributed by atoms with E-state index in [0.29, 0.717) is 44.7 Å². The number of carbonyl (C=O) groups excluding carboxylic acids is 2. The predicted molar refractivity (Wildman–Crippen MR) is 171 cm³/mol. The van der Waals surface area contributed by atoms with Crippen molar-refractivity contribution in [1.82, 2.24) is 10.2 Å². The lowest BCUT2D eigenvalue weighted by Crippen LogP contribution is -2.53. The second-order valence-corrected chi connectivity index (χ2v) is 13.4. The van der Waals surface area contributed by atoms with Crippen LogP contribution in [0.5, 0.6) is 0 Å². The molecule has 1 N–H and O–H groups in total. The van der Waals surface area contributed by atoms with E-state index in [4.69, 9.17) is 34.8 Å². The lowest BCUT2D eigenvalue weighted by atomic mass is 10.1. The largest absolute Gasteiger partial charge is 0.352 e. The Morgan fingerprint density at radius 1 is 0.881 bits per heavy atom. The molecular weight excluding hydrogens is 617 g/mol. The predicted octanol–water partition coefficient (Wildman–Crippen LogP) is 7.18. The molecule has 2 amide bonds. The smallest absolute Gasteiger partial charge is 0.264 e. The van der Waals surface area contributed by atoms with Crippen molar-refractivity contribution in [2.45, 2.75) is 71.0 Å². The number of benzene rings is 3. The molecule has 0 aliphatic carbocycles. The summed E-state index contributed by atoms with van der Waals surface area (Å²) >= 11 is 18.8. The zero-order valence-electron chi connectivity index (χ0n) is 24.3. The number of carbonyl (C=O) groups is 2. The van der Waals surface area contributed by atoms with Gasteiger partial charge in [0.2, 0.25) is 11.8 Å². The second kappa shape index (κ2) is 14.6. The van der Waals surface area contributed by atoms with Gasteiger partial charge in [0.05, 0.1) is 10.6 Å². The van der Waals surface area contributed by atoms with E-state index < -0.39 is 28.5 Å². The molecule has 0 fully saturated rings. The molecule has 0 saturated carbocycles. The van der Waals surface area contributed by atoms with Crippen molar-refractivity contribution in [3.8, 4) is 0 Å². The van der Waals surface area contributed by atoms with Gasteiger partial charge in [-0.1, -0.05) is 72.4 Å². The number of rotatable bonds is 12. The van der Waals surface area contributed by atoms with E-state index >= 15 is 0 Å². The van der Waals surface area contributed by atoms with E-state index in [1.807, 2.05) is 20.8 Å². The lowest BCUT2D eigenvalue weighted by molar-refractivity contribution is -0.140. The summed E-state index contributed by atoms with van der Waals surface area (Å²) in [4.78, 5) is 29.1. The number of halogens is 3. The average Bonchev–Trinajstić information content (AvgIpc) is 2.93. The van der Waals surface area contributed by atoms with Gasteiger partial charge in [0.15, 0.2) is 0 Å². The van der Waals surface area contributed by atoms with Gasteiger partial charge in [-0.05, 0) is 87.2 Å². The first-order valence-electron chi connectivity index (χ1n) is 13.7. The number of anilines is 1. The summed E-state index contributed by atoms with van der Waals surface area (Å²) in [5.74, 6) is -0.905. The molecule has 0 radical (unpaired) electrons. The minimum Gasteiger partial charge on any atom is -0.352 e. The fourth-order valence-electron chi connectivity index (χ4n) is 4.44. The molecule has 0 aliphatic heterocycles. The summed E-state index contributed by atoms with van der Waals surface area (Å²) in [7, 11) is -4.20. The molecule has 0 bridgehead atoms. The SMILES string of the molecule is CC[C@H](C)NC(=O)[C@H](CC)N(Cc1ccc(Cl)cc1Cl)C(=O)CN(c1ccc(Cl)cc1C)S(=O)(=O)c1ccc(C)cc1. The fraction of sp³-hybridized carbons (Fsp3) is 0.355. The van der Waals surface area contributed by atoms with E-state index in [9.17, 15) is 18.0 Å². The monoisotopic (exact) mass is 651 g/mol. The highest BCUT2D eigenvalue weighted by molar-refractivity contribution is 7.92. The Bertz CT molecular complexity index is 1530. The number of amides is 2. The zero-order valence-corrected chi connectivity index (χ0v) is 27.4. The summed E-state index contributed by atoms with van der Waals surface area (Å²) in [6.45, 7) is 8.63. The van der Waals surface area contributed by atoms with Gasteiger partial charge >= 0.3 is 0 Å². The van der Waals surface area contributed by atoms with Crippen LogP contribution in [0.4, 0.5) is 5.69 Å². The molecule has 3 rings (SSSR count). The molecule has 11 heteroatoms. The van der Waals surface area contributed by atoms with E-state index in [-0.39, 0.29) is 23.4 Å². The molecule has 0 aromatic heterocycles. The molecular formula is C31H36Cl3N3O4S. The molecule has 0 heterocycles. The molecule has 0 unspecified atom stereocenters. The maximum atomic E-state index is 14.2. The standard InChI is InChI=1S/C31H36Cl3N3O4S/c1-6-22(5)35-31(39)28(7-2)36(18-23-10-11-25(33)17-27(23)34)30(38)19-37(29-15-12-24(32)16-21(29)4)42(40,41)26-13-8-20(3)9-14-26/h8-17,22,28H,6-7,18-19H2,1-5H3,(H,35,39)/t22-,28-/m0/s1. The lowest BCUT2D eigenvalue weighted by Gasteiger charge is -2.34. The normalized spacial score (nSPS) is 12.9. The van der Waals surface area contributed by atoms with Gasteiger partial charge in [-0.15, -0.1) is 0 Å². The van der Waals surface area contributed by atoms with Crippen molar-refractivity contribution in [3.63, 3.8) is 0 Å². The Hall–Kier alpha value is -2.78. The number of nitrogens with zero attached hydrogens (tertiary/aromatic N) is 2. The summed E-state index contributed by atoms with van der Waals surface area (Å²) < 4.78 is 29.2. The highest BCUT2D eigenvalue weighted by atomic mass is 35.5. The first-order valence-corrected chi connectivity index (χ1v) is 16.2. The fourth-order valence-corrected chi connectivity index (χ4v) is 6.62. The Balaban J connectivity index is 2.12. The quantitative estimate of drug-likeness (QED) is 0.225. The zero-order chi connectivity index (χ0) is 31.2. The van der Waals surface area contributed by atoms with Crippen molar-refractivity contribution in [2.75, 3.05) is 10.8 Å². The van der Waals surface area contributed by atoms with E-state index in [2.05, 4.69) is 5.32 Å². The Labute approximate surface area is 263 Å². The highest BCUT2D eigenvalue weighted by Gasteiger charge is 2.34. The average molecular weight is 653 g/mol. The number of nitrogens with one attached hydrogen (secondary N) is 1. The summed E-state index contributed by atoms with van der Waals surface area (Å²) in [6.07, 6.45) is 1.00. The van der Waals surface area contributed by atoms with Crippen molar-refractivity contribution in [2.24, 2.45) is 0 Å². The third-order valence-electron chi connectivity index (χ3n) is 7.06. The van der Waals surface area contributed by atoms with E-state index in [0.717, 1.165) is 9.87 Å². The number of aryl methyl sites for hydroxylation is 2. The van der Waals surface area contributed by atoms with E-state index in [1.54, 1.807) is 62.4 Å². The first-order chi connectivity index (χ1) is 19.8. The van der Waals surface area contributed by atoms with Crippen LogP contribution in [-0.4, -0.2) is 43.8 Å². The topological polar surface area (TPSA) is 86.8 Å². The molecule has 0 saturated heterocycles. The third kappa shape index (κ3) is 8.19. The van der Waals surface area contributed by atoms with Gasteiger partial charge in [-0.2, -0.15) is 0 Å². The van der Waals surface area contributed by atoms with Gasteiger partial charge in [0.25, 0.3) is 10.0 Å².